The van der Waals surface area contributed by atoms with Gasteiger partial charge in [-0.1, -0.05) is 83.8 Å². The molecular weight excluding hydrogens is 599 g/mol. The van der Waals surface area contributed by atoms with E-state index in [4.69, 9.17) is 14.6 Å². The molecule has 0 saturated carbocycles. The third kappa shape index (κ3) is 8.96. The molecule has 1 saturated heterocycles. The highest BCUT2D eigenvalue weighted by Crippen LogP contribution is 2.40. The summed E-state index contributed by atoms with van der Waals surface area (Å²) in [5.74, 6) is -0.356. The zero-order valence-electron chi connectivity index (χ0n) is 24.3. The molecule has 0 bridgehead atoms. The molecule has 230 valence electrons. The summed E-state index contributed by atoms with van der Waals surface area (Å²) < 4.78 is 14.0. The average molecular weight is 634 g/mol. The predicted molar refractivity (Wildman–Crippen MR) is 169 cm³/mol. The second kappa shape index (κ2) is 15.4. The summed E-state index contributed by atoms with van der Waals surface area (Å²) in [5, 5.41) is 30.4. The molecule has 0 radical (unpaired) electrons. The van der Waals surface area contributed by atoms with Crippen molar-refractivity contribution in [3.05, 3.63) is 100 Å². The van der Waals surface area contributed by atoms with Gasteiger partial charge in [0.25, 0.3) is 0 Å². The number of thioether (sulfide) groups is 1. The monoisotopic (exact) mass is 633 g/mol. The average Bonchev–Trinajstić information content (AvgIpc) is 3.47. The number of hydrogen-bond donors (Lipinski definition) is 3. The maximum atomic E-state index is 12.1. The van der Waals surface area contributed by atoms with Gasteiger partial charge in [-0.2, -0.15) is 0 Å². The van der Waals surface area contributed by atoms with E-state index in [1.165, 1.54) is 0 Å². The fourth-order valence-corrected chi connectivity index (χ4v) is 6.80. The van der Waals surface area contributed by atoms with Crippen LogP contribution in [0, 0.1) is 6.92 Å². The summed E-state index contributed by atoms with van der Waals surface area (Å²) >= 11 is 3.21. The van der Waals surface area contributed by atoms with Crippen LogP contribution in [0.15, 0.2) is 77.1 Å². The SMILES string of the molecule is Cc1nnc(SC[C@H]2C[C@@H](c3ccc(CO)cc3)O[C@@H](c3cccc(-c4cccc(CNC(=O)CCCC(=O)O)c4)c3)O2)s1. The Labute approximate surface area is 264 Å². The molecule has 0 aliphatic carbocycles. The van der Waals surface area contributed by atoms with Crippen molar-refractivity contribution in [2.24, 2.45) is 0 Å². The fraction of sp³-hybridized carbons (Fsp3) is 0.333. The Kier molecular flexibility index (Phi) is 11.1. The van der Waals surface area contributed by atoms with E-state index in [1.807, 2.05) is 73.7 Å². The maximum Gasteiger partial charge on any atom is 0.303 e. The summed E-state index contributed by atoms with van der Waals surface area (Å²) in [5.41, 5.74) is 5.72. The van der Waals surface area contributed by atoms with Crippen molar-refractivity contribution in [2.75, 3.05) is 5.75 Å². The first kappa shape index (κ1) is 31.8. The molecule has 3 aromatic carbocycles. The topological polar surface area (TPSA) is 131 Å². The molecule has 1 aliphatic heterocycles. The van der Waals surface area contributed by atoms with Crippen molar-refractivity contribution in [1.29, 1.82) is 0 Å². The van der Waals surface area contributed by atoms with Gasteiger partial charge in [-0.3, -0.25) is 9.59 Å². The Bertz CT molecular complexity index is 1560. The number of aliphatic hydroxyl groups excluding tert-OH is 1. The Morgan fingerprint density at radius 1 is 0.955 bits per heavy atom. The smallest absolute Gasteiger partial charge is 0.303 e. The van der Waals surface area contributed by atoms with Gasteiger partial charge in [-0.25, -0.2) is 0 Å². The number of aliphatic carboxylic acids is 1. The van der Waals surface area contributed by atoms with Crippen LogP contribution < -0.4 is 5.32 Å². The van der Waals surface area contributed by atoms with Gasteiger partial charge in [0.05, 0.1) is 18.8 Å². The van der Waals surface area contributed by atoms with Crippen molar-refractivity contribution < 1.29 is 29.3 Å². The summed E-state index contributed by atoms with van der Waals surface area (Å²) in [6.07, 6.45) is 0.306. The largest absolute Gasteiger partial charge is 0.481 e. The molecule has 4 aromatic rings. The van der Waals surface area contributed by atoms with Crippen LogP contribution in [-0.4, -0.2) is 44.1 Å². The first-order valence-corrected chi connectivity index (χ1v) is 16.3. The summed E-state index contributed by atoms with van der Waals surface area (Å²) in [7, 11) is 0. The highest BCUT2D eigenvalue weighted by molar-refractivity contribution is 8.01. The molecular formula is C33H35N3O6S2. The molecule has 5 rings (SSSR count). The minimum atomic E-state index is -0.901. The van der Waals surface area contributed by atoms with Crippen LogP contribution in [0.1, 0.15) is 65.3 Å². The van der Waals surface area contributed by atoms with E-state index in [9.17, 15) is 14.7 Å². The van der Waals surface area contributed by atoms with E-state index in [0.717, 1.165) is 42.7 Å². The minimum Gasteiger partial charge on any atom is -0.481 e. The minimum absolute atomic E-state index is 0.00870. The molecule has 1 fully saturated rings. The van der Waals surface area contributed by atoms with E-state index in [0.29, 0.717) is 25.1 Å². The van der Waals surface area contributed by atoms with E-state index < -0.39 is 12.3 Å². The Morgan fingerprint density at radius 2 is 1.73 bits per heavy atom. The first-order chi connectivity index (χ1) is 21.4. The number of aliphatic hydroxyl groups is 1. The number of aryl methyl sites for hydroxylation is 1. The van der Waals surface area contributed by atoms with Gasteiger partial charge in [0, 0.05) is 37.1 Å². The molecule has 0 unspecified atom stereocenters. The fourth-order valence-electron chi connectivity index (χ4n) is 4.94. The lowest BCUT2D eigenvalue weighted by Crippen LogP contribution is -2.31. The van der Waals surface area contributed by atoms with Crippen LogP contribution in [-0.2, 0) is 32.2 Å². The molecule has 0 spiro atoms. The van der Waals surface area contributed by atoms with E-state index in [2.05, 4.69) is 21.6 Å². The summed E-state index contributed by atoms with van der Waals surface area (Å²) in [6.45, 7) is 2.29. The van der Waals surface area contributed by atoms with Gasteiger partial charge in [-0.05, 0) is 53.3 Å². The molecule has 3 N–H and O–H groups in total. The number of nitrogens with zero attached hydrogens (tertiary/aromatic N) is 2. The Morgan fingerprint density at radius 3 is 2.45 bits per heavy atom. The number of carbonyl (C=O) groups excluding carboxylic acids is 1. The molecule has 1 aliphatic rings. The standard InChI is InChI=1S/C33H35N3O6S2/c1-21-35-36-33(44-21)43-20-28-17-29(24-13-11-22(19-37)12-14-24)42-32(41-28)27-8-3-7-26(16-27)25-6-2-5-23(15-25)18-34-30(38)9-4-10-31(39)40/h2-3,5-8,11-16,28-29,32,37H,4,9-10,17-20H2,1H3,(H,34,38)(H,39,40)/t28-,29+,32+/m1/s1. The van der Waals surface area contributed by atoms with Gasteiger partial charge in [0.1, 0.15) is 5.01 Å². The van der Waals surface area contributed by atoms with Gasteiger partial charge < -0.3 is 25.0 Å². The molecule has 3 atom stereocenters. The predicted octanol–water partition coefficient (Wildman–Crippen LogP) is 6.21. The maximum absolute atomic E-state index is 12.1. The lowest BCUT2D eigenvalue weighted by Gasteiger charge is -2.36. The highest BCUT2D eigenvalue weighted by Gasteiger charge is 2.32. The molecule has 1 amide bonds. The van der Waals surface area contributed by atoms with Crippen molar-refractivity contribution in [1.82, 2.24) is 15.5 Å². The number of benzene rings is 3. The Hall–Kier alpha value is -3.61. The lowest BCUT2D eigenvalue weighted by atomic mass is 9.99. The van der Waals surface area contributed by atoms with Gasteiger partial charge in [0.15, 0.2) is 10.6 Å². The molecule has 11 heteroatoms. The number of hydrogen-bond acceptors (Lipinski definition) is 9. The second-order valence-corrected chi connectivity index (χ2v) is 13.0. The molecule has 1 aromatic heterocycles. The third-order valence-electron chi connectivity index (χ3n) is 7.22. The lowest BCUT2D eigenvalue weighted by molar-refractivity contribution is -0.245. The van der Waals surface area contributed by atoms with Crippen molar-refractivity contribution in [3.8, 4) is 11.1 Å². The van der Waals surface area contributed by atoms with Crippen LogP contribution in [0.3, 0.4) is 0 Å². The molecule has 44 heavy (non-hydrogen) atoms. The number of nitrogens with one attached hydrogen (secondary N) is 1. The first-order valence-electron chi connectivity index (χ1n) is 14.5. The highest BCUT2D eigenvalue weighted by atomic mass is 32.2. The number of amides is 1. The number of carboxylic acid groups (broad SMARTS) is 1. The van der Waals surface area contributed by atoms with Crippen LogP contribution >= 0.6 is 23.1 Å². The molecule has 2 heterocycles. The van der Waals surface area contributed by atoms with Gasteiger partial charge in [-0.15, -0.1) is 10.2 Å². The van der Waals surface area contributed by atoms with Crippen LogP contribution in [0.2, 0.25) is 0 Å². The number of carbonyl (C=O) groups is 2. The van der Waals surface area contributed by atoms with E-state index >= 15 is 0 Å². The zero-order valence-corrected chi connectivity index (χ0v) is 26.0. The number of carboxylic acids is 1. The van der Waals surface area contributed by atoms with Crippen LogP contribution in [0.4, 0.5) is 0 Å². The second-order valence-electron chi connectivity index (χ2n) is 10.6. The van der Waals surface area contributed by atoms with Gasteiger partial charge in [0.2, 0.25) is 5.91 Å². The van der Waals surface area contributed by atoms with Crippen molar-refractivity contribution >= 4 is 35.0 Å². The summed E-state index contributed by atoms with van der Waals surface area (Å²) in [4.78, 5) is 22.8. The molecule has 9 nitrogen and oxygen atoms in total. The van der Waals surface area contributed by atoms with Crippen LogP contribution in [0.5, 0.6) is 0 Å². The normalized spacial score (nSPS) is 18.2. The van der Waals surface area contributed by atoms with Crippen LogP contribution in [0.25, 0.3) is 11.1 Å². The number of rotatable bonds is 13. The van der Waals surface area contributed by atoms with E-state index in [1.54, 1.807) is 23.1 Å². The zero-order chi connectivity index (χ0) is 30.9. The van der Waals surface area contributed by atoms with Crippen molar-refractivity contribution in [3.63, 3.8) is 0 Å². The quantitative estimate of drug-likeness (QED) is 0.147. The van der Waals surface area contributed by atoms with Crippen molar-refractivity contribution in [2.45, 2.75) is 68.6 Å². The third-order valence-corrected chi connectivity index (χ3v) is 9.32. The number of aromatic nitrogens is 2. The number of ether oxygens (including phenoxy) is 2. The Balaban J connectivity index is 1.30. The van der Waals surface area contributed by atoms with E-state index in [-0.39, 0.29) is 37.6 Å². The van der Waals surface area contributed by atoms with Gasteiger partial charge >= 0.3 is 5.97 Å². The summed E-state index contributed by atoms with van der Waals surface area (Å²) in [6, 6.07) is 23.9.